The maximum Gasteiger partial charge on any atom is 0.408 e. The van der Waals surface area contributed by atoms with Gasteiger partial charge in [-0.05, 0) is 63.4 Å². The van der Waals surface area contributed by atoms with Crippen LogP contribution in [0.4, 0.5) is 4.79 Å². The first-order chi connectivity index (χ1) is 53.6. The maximum atomic E-state index is 13.7. The van der Waals surface area contributed by atoms with Gasteiger partial charge in [0.05, 0.1) is 72.5 Å². The van der Waals surface area contributed by atoms with E-state index in [1.165, 1.54) is 14.7 Å². The molecule has 2 unspecified atom stereocenters. The van der Waals surface area contributed by atoms with E-state index in [4.69, 9.17) is 42.6 Å². The van der Waals surface area contributed by atoms with Crippen molar-refractivity contribution >= 4 is 47.5 Å². The van der Waals surface area contributed by atoms with Crippen molar-refractivity contribution < 1.29 is 168 Å². The van der Waals surface area contributed by atoms with Crippen LogP contribution in [0.5, 0.6) is 0 Å². The van der Waals surface area contributed by atoms with Crippen molar-refractivity contribution in [3.05, 3.63) is 35.9 Å². The van der Waals surface area contributed by atoms with Crippen molar-refractivity contribution in [2.75, 3.05) is 125 Å². The molecule has 0 aliphatic carbocycles. The first-order valence-electron chi connectivity index (χ1n) is 37.9. The quantitative estimate of drug-likeness (QED) is 0.0269. The summed E-state index contributed by atoms with van der Waals surface area (Å²) in [5.41, 5.74) is 0.730. The molecule has 0 bridgehead atoms. The van der Waals surface area contributed by atoms with Gasteiger partial charge in [-0.2, -0.15) is 0 Å². The molecule has 1 aromatic rings. The number of carboxylic acid groups (broad SMARTS) is 1. The Labute approximate surface area is 647 Å². The molecule has 4 aliphatic rings. The molecule has 0 saturated carbocycles. The van der Waals surface area contributed by atoms with E-state index in [0.717, 1.165) is 5.56 Å². The fourth-order valence-corrected chi connectivity index (χ4v) is 12.3. The summed E-state index contributed by atoms with van der Waals surface area (Å²) in [6.45, 7) is -5.34. The number of hydrogen-bond acceptors (Lipinski definition) is 34. The largest absolute Gasteiger partial charge is 0.480 e. The molecule has 7 amide bonds. The van der Waals surface area contributed by atoms with Crippen LogP contribution in [-0.2, 0) is 82.8 Å². The summed E-state index contributed by atoms with van der Waals surface area (Å²) < 4.78 is 49.1. The van der Waals surface area contributed by atoms with Crippen LogP contribution in [0.1, 0.15) is 102 Å². The second-order valence-corrected chi connectivity index (χ2v) is 27.6. The SMILES string of the molecule is O=C(CCCCCNC(=O)CN(CC(=O)NCCCCCC(=O)N(CCOC1O[C@H](CO)[C@@H](O)[C@H](O)[C@@H]1O)CCO[C@H]1O[C@H](CO)[C@@H](O)[C@H](O)[C@@H]1O)CC(=O)NCCCCCC(=O)N(CCOC1O[C@H](CO)[C@@H](O)[C@H](O)[C@@H]1O)CCO[C@H]1O[C@H](CO)[C@@H](O)[C@H](O)[C@@H]1O)NCCCC[C@H](NC(=O)OCc1ccccc1)C(=O)O. The number of benzene rings is 1. The molecule has 21 atom stereocenters. The Morgan fingerprint density at radius 1 is 0.384 bits per heavy atom. The number of amides is 7. The minimum absolute atomic E-state index is 0.0343. The average Bonchev–Trinajstić information content (AvgIpc) is 0.836. The fraction of sp³-hybridized carbons (Fsp3) is 0.800. The zero-order chi connectivity index (χ0) is 82.2. The normalized spacial score (nSPS) is 28.2. The molecule has 42 heteroatoms. The van der Waals surface area contributed by atoms with Crippen molar-refractivity contribution in [2.24, 2.45) is 0 Å². The molecule has 4 aliphatic heterocycles. The van der Waals surface area contributed by atoms with Crippen LogP contribution in [0, 0.1) is 0 Å². The highest BCUT2D eigenvalue weighted by molar-refractivity contribution is 5.84. The first kappa shape index (κ1) is 96.4. The Balaban J connectivity index is 1.10. The second-order valence-electron chi connectivity index (χ2n) is 27.6. The molecule has 0 aromatic heterocycles. The molecule has 42 nitrogen and oxygen atoms in total. The first-order valence-corrected chi connectivity index (χ1v) is 37.9. The third-order valence-corrected chi connectivity index (χ3v) is 19.0. The molecular formula is C70H118N8O34. The predicted octanol–water partition coefficient (Wildman–Crippen LogP) is -9.09. The number of aliphatic hydroxyl groups is 16. The van der Waals surface area contributed by atoms with E-state index >= 15 is 0 Å². The molecule has 642 valence electrons. The third-order valence-electron chi connectivity index (χ3n) is 19.0. The summed E-state index contributed by atoms with van der Waals surface area (Å²) in [6, 6.07) is 7.67. The number of ether oxygens (including phenoxy) is 9. The zero-order valence-electron chi connectivity index (χ0n) is 62.6. The van der Waals surface area contributed by atoms with Gasteiger partial charge in [-0.15, -0.1) is 0 Å². The smallest absolute Gasteiger partial charge is 0.408 e. The van der Waals surface area contributed by atoms with Gasteiger partial charge in [0, 0.05) is 71.6 Å². The van der Waals surface area contributed by atoms with Crippen molar-refractivity contribution in [1.82, 2.24) is 41.3 Å². The Kier molecular flexibility index (Phi) is 45.1. The van der Waals surface area contributed by atoms with E-state index < -0.39 is 217 Å². The van der Waals surface area contributed by atoms with Crippen LogP contribution in [0.3, 0.4) is 0 Å². The van der Waals surface area contributed by atoms with Gasteiger partial charge in [-0.3, -0.25) is 33.7 Å². The van der Waals surface area contributed by atoms with Gasteiger partial charge in [0.2, 0.25) is 35.4 Å². The number of nitrogens with one attached hydrogen (secondary N) is 5. The zero-order valence-corrected chi connectivity index (χ0v) is 62.6. The van der Waals surface area contributed by atoms with E-state index in [1.807, 2.05) is 0 Å². The highest BCUT2D eigenvalue weighted by Gasteiger charge is 2.48. The van der Waals surface area contributed by atoms with Crippen LogP contribution in [0.15, 0.2) is 30.3 Å². The molecule has 5 rings (SSSR count). The number of carbonyl (C=O) groups is 8. The van der Waals surface area contributed by atoms with Crippen molar-refractivity contribution in [3.8, 4) is 0 Å². The molecule has 4 saturated heterocycles. The van der Waals surface area contributed by atoms with Gasteiger partial charge < -0.3 is 166 Å². The Bertz CT molecular complexity index is 2690. The number of hydrogen-bond donors (Lipinski definition) is 22. The van der Waals surface area contributed by atoms with Gasteiger partial charge in [-0.1, -0.05) is 49.6 Å². The summed E-state index contributed by atoms with van der Waals surface area (Å²) in [5.74, 6) is -3.98. The maximum absolute atomic E-state index is 13.7. The lowest BCUT2D eigenvalue weighted by atomic mass is 9.99. The summed E-state index contributed by atoms with van der Waals surface area (Å²) in [4.78, 5) is 108. The summed E-state index contributed by atoms with van der Waals surface area (Å²) in [6.07, 6.45) is -27.9. The number of carboxylic acids is 1. The second kappa shape index (κ2) is 52.4. The lowest BCUT2D eigenvalue weighted by Gasteiger charge is -2.40. The van der Waals surface area contributed by atoms with E-state index in [2.05, 4.69) is 26.6 Å². The molecular weight excluding hydrogens is 1500 g/mol. The molecule has 22 N–H and O–H groups in total. The van der Waals surface area contributed by atoms with Crippen LogP contribution < -0.4 is 26.6 Å². The van der Waals surface area contributed by atoms with Gasteiger partial charge in [0.1, 0.15) is 110 Å². The molecule has 4 heterocycles. The third kappa shape index (κ3) is 33.2. The number of alkyl carbamates (subject to hydrolysis) is 1. The molecule has 4 fully saturated rings. The topological polar surface area (TPSA) is 633 Å². The summed E-state index contributed by atoms with van der Waals surface area (Å²) in [5, 5.41) is 185. The van der Waals surface area contributed by atoms with Crippen LogP contribution in [0.25, 0.3) is 0 Å². The van der Waals surface area contributed by atoms with Gasteiger partial charge in [0.25, 0.3) is 0 Å². The van der Waals surface area contributed by atoms with E-state index in [9.17, 15) is 125 Å². The molecule has 1 aromatic carbocycles. The average molecular weight is 1620 g/mol. The van der Waals surface area contributed by atoms with Crippen molar-refractivity contribution in [3.63, 3.8) is 0 Å². The van der Waals surface area contributed by atoms with Gasteiger partial charge in [0.15, 0.2) is 25.2 Å². The number of unbranched alkanes of at least 4 members (excludes halogenated alkanes) is 7. The number of aliphatic hydroxyl groups excluding tert-OH is 16. The van der Waals surface area contributed by atoms with Crippen LogP contribution >= 0.6 is 0 Å². The van der Waals surface area contributed by atoms with Crippen LogP contribution in [0.2, 0.25) is 0 Å². The minimum atomic E-state index is -1.73. The Morgan fingerprint density at radius 3 is 1.02 bits per heavy atom. The lowest BCUT2D eigenvalue weighted by molar-refractivity contribution is -0.303. The number of carbonyl (C=O) groups excluding carboxylic acids is 7. The summed E-state index contributed by atoms with van der Waals surface area (Å²) >= 11 is 0. The Morgan fingerprint density at radius 2 is 0.696 bits per heavy atom. The van der Waals surface area contributed by atoms with Crippen molar-refractivity contribution in [1.29, 1.82) is 0 Å². The molecule has 112 heavy (non-hydrogen) atoms. The standard InChI is InChI=1S/C70H118N8O34/c79-36-43-53(89)57(93)61(97)66(109-43)104-29-25-77(26-30-105-67-62(98)58(94)54(90)44(37-80)110-67)51(87)19-8-3-12-22-73-49(85)34-76(33-48(84)72-21-11-2-7-18-47(83)71-24-14-10-17-42(65(101)102)75-70(103)108-40-41-15-5-1-6-16-41)35-50(86)74-23-13-4-9-20-52(88)78(27-31-106-68-63(99)59(95)55(91)45(38-81)111-68)28-32-107-69-64(100)60(96)56(92)46(39-82)112-69/h1,5-6,15-16,42-46,53-64,66-69,79-82,89-100H,2-4,7-14,17-40H2,(H,71,83)(H,72,84)(H,73,85)(H,74,86)(H,75,103)(H,101,102)/t42-,43+,44+,45+,46+,53+,54+,55+,56+,57-,58-,59-,60-,61-,62-,63-,64-,66-,67?,68-,69?/m0/s1. The number of aliphatic carboxylic acids is 1. The Hall–Kier alpha value is -6.22. The number of nitrogens with zero attached hydrogens (tertiary/aromatic N) is 3. The molecule has 0 radical (unpaired) electrons. The van der Waals surface area contributed by atoms with Crippen LogP contribution in [-0.4, -0.2) is 403 Å². The van der Waals surface area contributed by atoms with E-state index in [1.54, 1.807) is 30.3 Å². The lowest BCUT2D eigenvalue weighted by Crippen LogP contribution is -2.59. The number of rotatable bonds is 53. The molecule has 0 spiro atoms. The van der Waals surface area contributed by atoms with Gasteiger partial charge >= 0.3 is 12.1 Å². The van der Waals surface area contributed by atoms with Gasteiger partial charge in [-0.25, -0.2) is 9.59 Å². The predicted molar refractivity (Wildman–Crippen MR) is 381 cm³/mol. The van der Waals surface area contributed by atoms with E-state index in [0.29, 0.717) is 57.8 Å². The van der Waals surface area contributed by atoms with E-state index in [-0.39, 0.29) is 130 Å². The fourth-order valence-electron chi connectivity index (χ4n) is 12.3. The highest BCUT2D eigenvalue weighted by atomic mass is 16.7. The highest BCUT2D eigenvalue weighted by Crippen LogP contribution is 2.27. The van der Waals surface area contributed by atoms with Crippen molar-refractivity contribution in [2.45, 2.75) is 232 Å². The minimum Gasteiger partial charge on any atom is -0.480 e. The summed E-state index contributed by atoms with van der Waals surface area (Å²) in [7, 11) is 0. The monoisotopic (exact) mass is 1610 g/mol.